The van der Waals surface area contributed by atoms with Gasteiger partial charge in [-0.25, -0.2) is 0 Å². The van der Waals surface area contributed by atoms with Crippen LogP contribution in [0, 0.1) is 11.8 Å². The Bertz CT molecular complexity index is 544. The van der Waals surface area contributed by atoms with E-state index in [2.05, 4.69) is 35.8 Å². The van der Waals surface area contributed by atoms with Crippen LogP contribution in [0.4, 0.5) is 0 Å². The lowest BCUT2D eigenvalue weighted by Gasteiger charge is -2.36. The fourth-order valence-electron chi connectivity index (χ4n) is 4.29. The molecular formula is C21H32N2O2. The predicted octanol–water partition coefficient (Wildman–Crippen LogP) is 2.82. The molecule has 1 aromatic carbocycles. The van der Waals surface area contributed by atoms with E-state index < -0.39 is 0 Å². The Balaban J connectivity index is 1.48. The highest BCUT2D eigenvalue weighted by Crippen LogP contribution is 2.35. The average molecular weight is 344 g/mol. The summed E-state index contributed by atoms with van der Waals surface area (Å²) in [6, 6.07) is 10.3. The molecule has 2 heterocycles. The summed E-state index contributed by atoms with van der Waals surface area (Å²) in [5, 5.41) is 0. The highest BCUT2D eigenvalue weighted by molar-refractivity contribution is 5.76. The second-order valence-corrected chi connectivity index (χ2v) is 7.40. The Hall–Kier alpha value is -1.39. The van der Waals surface area contributed by atoms with Crippen LogP contribution < -0.4 is 0 Å². The number of amides is 1. The van der Waals surface area contributed by atoms with E-state index in [1.807, 2.05) is 18.2 Å². The molecule has 2 fully saturated rings. The van der Waals surface area contributed by atoms with Crippen molar-refractivity contribution in [3.8, 4) is 0 Å². The maximum atomic E-state index is 12.6. The molecule has 0 unspecified atom stereocenters. The largest absolute Gasteiger partial charge is 0.376 e. The summed E-state index contributed by atoms with van der Waals surface area (Å²) < 4.78 is 6.11. The van der Waals surface area contributed by atoms with Gasteiger partial charge in [-0.1, -0.05) is 44.2 Å². The number of aryl methyl sites for hydroxylation is 1. The van der Waals surface area contributed by atoms with Crippen molar-refractivity contribution in [3.05, 3.63) is 35.9 Å². The van der Waals surface area contributed by atoms with E-state index in [9.17, 15) is 4.79 Å². The molecule has 4 nitrogen and oxygen atoms in total. The number of hydrogen-bond acceptors (Lipinski definition) is 3. The zero-order valence-electron chi connectivity index (χ0n) is 15.7. The molecule has 25 heavy (non-hydrogen) atoms. The Labute approximate surface area is 152 Å². The molecule has 0 saturated carbocycles. The molecule has 0 aliphatic carbocycles. The first-order valence-corrected chi connectivity index (χ1v) is 9.86. The first kappa shape index (κ1) is 18.4. The summed E-state index contributed by atoms with van der Waals surface area (Å²) in [5.74, 6) is 1.45. The standard InChI is InChI=1S/C21H32N2O2/c1-3-22(4-2)15-20-19-12-13-23(14-18(19)16-25-20)21(24)11-10-17-8-6-5-7-9-17/h5-9,18-20H,3-4,10-16H2,1-2H3/t18-,19-,20+/m1/s1. The number of likely N-dealkylation sites (tertiary alicyclic amines) is 1. The molecule has 2 aliphatic rings. The van der Waals surface area contributed by atoms with Gasteiger partial charge in [-0.2, -0.15) is 0 Å². The van der Waals surface area contributed by atoms with Crippen LogP contribution in [0.25, 0.3) is 0 Å². The van der Waals surface area contributed by atoms with Crippen LogP contribution >= 0.6 is 0 Å². The van der Waals surface area contributed by atoms with Gasteiger partial charge in [0.05, 0.1) is 12.7 Å². The third kappa shape index (κ3) is 4.62. The Kier molecular flexibility index (Phi) is 6.49. The maximum Gasteiger partial charge on any atom is 0.222 e. The summed E-state index contributed by atoms with van der Waals surface area (Å²) in [4.78, 5) is 17.1. The molecule has 0 N–H and O–H groups in total. The molecular weight excluding hydrogens is 312 g/mol. The Morgan fingerprint density at radius 1 is 1.24 bits per heavy atom. The number of likely N-dealkylation sites (N-methyl/N-ethyl adjacent to an activating group) is 1. The van der Waals surface area contributed by atoms with Crippen LogP contribution in [0.15, 0.2) is 30.3 Å². The molecule has 2 aliphatic heterocycles. The quantitative estimate of drug-likeness (QED) is 0.762. The van der Waals surface area contributed by atoms with Crippen molar-refractivity contribution in [2.24, 2.45) is 11.8 Å². The lowest BCUT2D eigenvalue weighted by atomic mass is 9.84. The number of piperidine rings is 1. The fraction of sp³-hybridized carbons (Fsp3) is 0.667. The van der Waals surface area contributed by atoms with E-state index in [-0.39, 0.29) is 0 Å². The summed E-state index contributed by atoms with van der Waals surface area (Å²) in [5.41, 5.74) is 1.24. The van der Waals surface area contributed by atoms with Crippen LogP contribution in [-0.2, 0) is 16.0 Å². The SMILES string of the molecule is CCN(CC)C[C@@H]1OC[C@H]2CN(C(=O)CCc3ccccc3)CC[C@H]21. The maximum absolute atomic E-state index is 12.6. The molecule has 1 amide bonds. The van der Waals surface area contributed by atoms with Gasteiger partial charge in [0.1, 0.15) is 0 Å². The lowest BCUT2D eigenvalue weighted by molar-refractivity contribution is -0.133. The first-order chi connectivity index (χ1) is 12.2. The normalized spacial score (nSPS) is 26.0. The van der Waals surface area contributed by atoms with E-state index in [0.29, 0.717) is 30.3 Å². The lowest BCUT2D eigenvalue weighted by Crippen LogP contribution is -2.46. The fourth-order valence-corrected chi connectivity index (χ4v) is 4.29. The van der Waals surface area contributed by atoms with Crippen LogP contribution in [0.5, 0.6) is 0 Å². The molecule has 3 rings (SSSR count). The topological polar surface area (TPSA) is 32.8 Å². The highest BCUT2D eigenvalue weighted by atomic mass is 16.5. The van der Waals surface area contributed by atoms with E-state index in [4.69, 9.17) is 4.74 Å². The number of nitrogens with zero attached hydrogens (tertiary/aromatic N) is 2. The minimum absolute atomic E-state index is 0.300. The number of rotatable bonds is 7. The van der Waals surface area contributed by atoms with Crippen molar-refractivity contribution in [1.82, 2.24) is 9.80 Å². The van der Waals surface area contributed by atoms with Crippen LogP contribution in [0.2, 0.25) is 0 Å². The number of ether oxygens (including phenoxy) is 1. The van der Waals surface area contributed by atoms with Gasteiger partial charge in [0.2, 0.25) is 5.91 Å². The van der Waals surface area contributed by atoms with Gasteiger partial charge in [-0.05, 0) is 37.4 Å². The van der Waals surface area contributed by atoms with Gasteiger partial charge in [0.25, 0.3) is 0 Å². The van der Waals surface area contributed by atoms with Crippen LogP contribution in [0.1, 0.15) is 32.3 Å². The Morgan fingerprint density at radius 3 is 2.72 bits per heavy atom. The third-order valence-corrected chi connectivity index (χ3v) is 5.95. The zero-order valence-corrected chi connectivity index (χ0v) is 15.7. The predicted molar refractivity (Wildman–Crippen MR) is 100 cm³/mol. The van der Waals surface area contributed by atoms with Crippen molar-refractivity contribution in [1.29, 1.82) is 0 Å². The monoisotopic (exact) mass is 344 g/mol. The van der Waals surface area contributed by atoms with Crippen molar-refractivity contribution in [3.63, 3.8) is 0 Å². The van der Waals surface area contributed by atoms with Crippen molar-refractivity contribution in [2.45, 2.75) is 39.2 Å². The zero-order chi connectivity index (χ0) is 17.6. The van der Waals surface area contributed by atoms with E-state index >= 15 is 0 Å². The van der Waals surface area contributed by atoms with Gasteiger partial charge < -0.3 is 14.5 Å². The van der Waals surface area contributed by atoms with Gasteiger partial charge in [0.15, 0.2) is 0 Å². The summed E-state index contributed by atoms with van der Waals surface area (Å²) in [6.45, 7) is 10.2. The average Bonchev–Trinajstić information content (AvgIpc) is 3.07. The Morgan fingerprint density at radius 2 is 2.00 bits per heavy atom. The smallest absolute Gasteiger partial charge is 0.222 e. The number of fused-ring (bicyclic) bond motifs is 1. The van der Waals surface area contributed by atoms with Crippen LogP contribution in [0.3, 0.4) is 0 Å². The molecule has 1 aromatic rings. The van der Waals surface area contributed by atoms with Crippen molar-refractivity contribution < 1.29 is 9.53 Å². The van der Waals surface area contributed by atoms with Gasteiger partial charge in [-0.15, -0.1) is 0 Å². The minimum Gasteiger partial charge on any atom is -0.376 e. The highest BCUT2D eigenvalue weighted by Gasteiger charge is 2.41. The number of benzene rings is 1. The van der Waals surface area contributed by atoms with Gasteiger partial charge in [0, 0.05) is 32.0 Å². The van der Waals surface area contributed by atoms with Gasteiger partial charge >= 0.3 is 0 Å². The molecule has 3 atom stereocenters. The van der Waals surface area contributed by atoms with E-state index in [1.54, 1.807) is 0 Å². The van der Waals surface area contributed by atoms with Crippen molar-refractivity contribution >= 4 is 5.91 Å². The van der Waals surface area contributed by atoms with Crippen molar-refractivity contribution in [2.75, 3.05) is 39.3 Å². The number of carbonyl (C=O) groups excluding carboxylic acids is 1. The third-order valence-electron chi connectivity index (χ3n) is 5.95. The van der Waals surface area contributed by atoms with E-state index in [0.717, 1.165) is 52.2 Å². The van der Waals surface area contributed by atoms with Crippen LogP contribution in [-0.4, -0.2) is 61.1 Å². The second kappa shape index (κ2) is 8.81. The summed E-state index contributed by atoms with van der Waals surface area (Å²) in [7, 11) is 0. The molecule has 0 radical (unpaired) electrons. The second-order valence-electron chi connectivity index (χ2n) is 7.40. The van der Waals surface area contributed by atoms with E-state index in [1.165, 1.54) is 5.56 Å². The first-order valence-electron chi connectivity index (χ1n) is 9.86. The van der Waals surface area contributed by atoms with Gasteiger partial charge in [-0.3, -0.25) is 4.79 Å². The summed E-state index contributed by atoms with van der Waals surface area (Å²) >= 11 is 0. The summed E-state index contributed by atoms with van der Waals surface area (Å²) in [6.07, 6.45) is 2.90. The molecule has 0 bridgehead atoms. The molecule has 4 heteroatoms. The number of carbonyl (C=O) groups is 1. The minimum atomic E-state index is 0.300. The molecule has 2 saturated heterocycles. The molecule has 0 aromatic heterocycles. The molecule has 0 spiro atoms. The number of hydrogen-bond donors (Lipinski definition) is 0. The molecule has 138 valence electrons.